The molecule has 4 heteroatoms. The first-order valence-corrected chi connectivity index (χ1v) is 8.61. The zero-order valence-corrected chi connectivity index (χ0v) is 15.0. The van der Waals surface area contributed by atoms with Crippen molar-refractivity contribution in [1.82, 2.24) is 4.90 Å². The molecule has 0 heterocycles. The highest BCUT2D eigenvalue weighted by Gasteiger charge is 2.11. The van der Waals surface area contributed by atoms with Gasteiger partial charge in [-0.1, -0.05) is 36.4 Å². The second-order valence-electron chi connectivity index (χ2n) is 6.39. The van der Waals surface area contributed by atoms with Crippen LogP contribution in [0, 0.1) is 5.82 Å². The van der Waals surface area contributed by atoms with Crippen molar-refractivity contribution in [2.45, 2.75) is 19.4 Å². The Hall–Kier alpha value is -2.88. The van der Waals surface area contributed by atoms with Gasteiger partial charge < -0.3 is 9.64 Å². The minimum atomic E-state index is -0.257. The van der Waals surface area contributed by atoms with Crippen LogP contribution in [-0.2, 0) is 17.8 Å². The number of rotatable bonds is 6. The summed E-state index contributed by atoms with van der Waals surface area (Å²) in [5.41, 5.74) is 1.64. The molecule has 134 valence electrons. The lowest BCUT2D eigenvalue weighted by Gasteiger charge is -2.18. The number of hydrogen-bond donors (Lipinski definition) is 0. The fraction of sp³-hybridized carbons (Fsp3) is 0.227. The first-order chi connectivity index (χ1) is 12.6. The van der Waals surface area contributed by atoms with Crippen LogP contribution in [0.4, 0.5) is 4.39 Å². The van der Waals surface area contributed by atoms with Gasteiger partial charge in [-0.2, -0.15) is 0 Å². The molecule has 3 aromatic carbocycles. The molecule has 0 spiro atoms. The summed E-state index contributed by atoms with van der Waals surface area (Å²) < 4.78 is 18.9. The summed E-state index contributed by atoms with van der Waals surface area (Å²) in [6.07, 6.45) is 0.704. The van der Waals surface area contributed by atoms with Gasteiger partial charge in [-0.3, -0.25) is 4.79 Å². The maximum absolute atomic E-state index is 13.7. The molecular weight excluding hydrogens is 329 g/mol. The van der Waals surface area contributed by atoms with E-state index in [1.807, 2.05) is 30.3 Å². The smallest absolute Gasteiger partial charge is 0.222 e. The molecule has 3 rings (SSSR count). The third-order valence-electron chi connectivity index (χ3n) is 4.52. The van der Waals surface area contributed by atoms with Crippen LogP contribution in [0.1, 0.15) is 17.5 Å². The number of benzene rings is 3. The van der Waals surface area contributed by atoms with Crippen molar-refractivity contribution in [2.24, 2.45) is 0 Å². The number of nitrogens with zero attached hydrogens (tertiary/aromatic N) is 1. The Morgan fingerprint density at radius 2 is 1.77 bits per heavy atom. The average Bonchev–Trinajstić information content (AvgIpc) is 2.66. The molecule has 0 saturated heterocycles. The van der Waals surface area contributed by atoms with Crippen LogP contribution in [0.25, 0.3) is 10.8 Å². The van der Waals surface area contributed by atoms with E-state index in [1.54, 1.807) is 37.3 Å². The largest absolute Gasteiger partial charge is 0.497 e. The van der Waals surface area contributed by atoms with Crippen molar-refractivity contribution in [2.75, 3.05) is 14.2 Å². The maximum atomic E-state index is 13.7. The van der Waals surface area contributed by atoms with Crippen molar-refractivity contribution in [3.8, 4) is 5.75 Å². The van der Waals surface area contributed by atoms with Gasteiger partial charge in [0.2, 0.25) is 5.91 Å². The summed E-state index contributed by atoms with van der Waals surface area (Å²) in [5, 5.41) is 2.21. The number of halogens is 1. The Kier molecular flexibility index (Phi) is 5.52. The number of carbonyl (C=O) groups is 1. The van der Waals surface area contributed by atoms with Crippen LogP contribution in [0.3, 0.4) is 0 Å². The van der Waals surface area contributed by atoms with Gasteiger partial charge in [0.15, 0.2) is 0 Å². The fourth-order valence-electron chi connectivity index (χ4n) is 2.99. The Balaban J connectivity index is 1.63. The molecular formula is C22H22FNO2. The monoisotopic (exact) mass is 351 g/mol. The molecule has 0 aliphatic carbocycles. The van der Waals surface area contributed by atoms with Crippen LogP contribution in [0.5, 0.6) is 5.75 Å². The number of aryl methyl sites for hydroxylation is 1. The van der Waals surface area contributed by atoms with Gasteiger partial charge in [-0.15, -0.1) is 0 Å². The third kappa shape index (κ3) is 4.20. The molecule has 26 heavy (non-hydrogen) atoms. The van der Waals surface area contributed by atoms with Crippen LogP contribution in [0.2, 0.25) is 0 Å². The Morgan fingerprint density at radius 3 is 2.54 bits per heavy atom. The van der Waals surface area contributed by atoms with Crippen molar-refractivity contribution in [3.63, 3.8) is 0 Å². The summed E-state index contributed by atoms with van der Waals surface area (Å²) in [4.78, 5) is 14.1. The number of amides is 1. The molecule has 3 aromatic rings. The van der Waals surface area contributed by atoms with Crippen LogP contribution in [0.15, 0.2) is 60.7 Å². The van der Waals surface area contributed by atoms with E-state index in [1.165, 1.54) is 6.07 Å². The fourth-order valence-corrected chi connectivity index (χ4v) is 2.99. The second-order valence-corrected chi connectivity index (χ2v) is 6.39. The van der Waals surface area contributed by atoms with Gasteiger partial charge in [-0.05, 0) is 52.6 Å². The predicted molar refractivity (Wildman–Crippen MR) is 102 cm³/mol. The van der Waals surface area contributed by atoms with E-state index in [9.17, 15) is 9.18 Å². The third-order valence-corrected chi connectivity index (χ3v) is 4.52. The highest BCUT2D eigenvalue weighted by Crippen LogP contribution is 2.22. The number of carbonyl (C=O) groups excluding carboxylic acids is 1. The number of fused-ring (bicyclic) bond motifs is 1. The molecule has 0 fully saturated rings. The lowest BCUT2D eigenvalue weighted by Crippen LogP contribution is -2.26. The zero-order valence-electron chi connectivity index (χ0n) is 15.0. The van der Waals surface area contributed by atoms with Crippen LogP contribution < -0.4 is 4.74 Å². The summed E-state index contributed by atoms with van der Waals surface area (Å²) >= 11 is 0. The van der Waals surface area contributed by atoms with E-state index < -0.39 is 0 Å². The first kappa shape index (κ1) is 17.9. The van der Waals surface area contributed by atoms with E-state index in [2.05, 4.69) is 6.07 Å². The number of ether oxygens (including phenoxy) is 1. The SMILES string of the molecule is COc1ccc2cc(CN(C)C(=O)CCc3ccccc3F)ccc2c1. The Labute approximate surface area is 153 Å². The number of hydrogen-bond acceptors (Lipinski definition) is 2. The summed E-state index contributed by atoms with van der Waals surface area (Å²) in [6, 6.07) is 18.6. The van der Waals surface area contributed by atoms with Gasteiger partial charge in [0, 0.05) is 20.0 Å². The molecule has 0 N–H and O–H groups in total. The van der Waals surface area contributed by atoms with Crippen LogP contribution >= 0.6 is 0 Å². The first-order valence-electron chi connectivity index (χ1n) is 8.61. The highest BCUT2D eigenvalue weighted by molar-refractivity contribution is 5.84. The molecule has 0 aromatic heterocycles. The normalized spacial score (nSPS) is 10.7. The predicted octanol–water partition coefficient (Wildman–Crippen LogP) is 4.58. The number of methoxy groups -OCH3 is 1. The molecule has 0 atom stereocenters. The van der Waals surface area contributed by atoms with Crippen molar-refractivity contribution < 1.29 is 13.9 Å². The minimum absolute atomic E-state index is 0.00285. The van der Waals surface area contributed by atoms with E-state index in [0.717, 1.165) is 22.1 Å². The van der Waals surface area contributed by atoms with E-state index in [4.69, 9.17) is 4.74 Å². The molecule has 3 nitrogen and oxygen atoms in total. The van der Waals surface area contributed by atoms with Gasteiger partial charge in [0.1, 0.15) is 11.6 Å². The topological polar surface area (TPSA) is 29.5 Å². The minimum Gasteiger partial charge on any atom is -0.497 e. The lowest BCUT2D eigenvalue weighted by molar-refractivity contribution is -0.130. The van der Waals surface area contributed by atoms with Crippen molar-refractivity contribution >= 4 is 16.7 Å². The van der Waals surface area contributed by atoms with E-state index in [-0.39, 0.29) is 11.7 Å². The zero-order chi connectivity index (χ0) is 18.5. The second kappa shape index (κ2) is 8.00. The summed E-state index contributed by atoms with van der Waals surface area (Å²) in [5.74, 6) is 0.571. The Bertz CT molecular complexity index is 923. The highest BCUT2D eigenvalue weighted by atomic mass is 19.1. The molecule has 0 aliphatic heterocycles. The molecule has 0 radical (unpaired) electrons. The average molecular weight is 351 g/mol. The van der Waals surface area contributed by atoms with Gasteiger partial charge in [0.05, 0.1) is 7.11 Å². The molecule has 0 unspecified atom stereocenters. The Morgan fingerprint density at radius 1 is 1.04 bits per heavy atom. The van der Waals surface area contributed by atoms with Crippen molar-refractivity contribution in [3.05, 3.63) is 77.6 Å². The molecule has 0 aliphatic rings. The van der Waals surface area contributed by atoms with Crippen molar-refractivity contribution in [1.29, 1.82) is 0 Å². The van der Waals surface area contributed by atoms with Gasteiger partial charge >= 0.3 is 0 Å². The standard InChI is InChI=1S/C22H22FNO2/c1-24(22(25)12-10-17-5-3-4-6-21(17)23)15-16-7-8-19-14-20(26-2)11-9-18(19)13-16/h3-9,11,13-14H,10,12,15H2,1-2H3. The lowest BCUT2D eigenvalue weighted by atomic mass is 10.1. The summed E-state index contributed by atoms with van der Waals surface area (Å²) in [7, 11) is 3.43. The van der Waals surface area contributed by atoms with E-state index in [0.29, 0.717) is 24.9 Å². The van der Waals surface area contributed by atoms with Gasteiger partial charge in [-0.25, -0.2) is 4.39 Å². The van der Waals surface area contributed by atoms with Crippen LogP contribution in [-0.4, -0.2) is 25.0 Å². The molecule has 0 saturated carbocycles. The molecule has 1 amide bonds. The maximum Gasteiger partial charge on any atom is 0.222 e. The molecule has 0 bridgehead atoms. The quantitative estimate of drug-likeness (QED) is 0.651. The summed E-state index contributed by atoms with van der Waals surface area (Å²) in [6.45, 7) is 0.526. The van der Waals surface area contributed by atoms with E-state index >= 15 is 0 Å². The van der Waals surface area contributed by atoms with Gasteiger partial charge in [0.25, 0.3) is 0 Å².